The van der Waals surface area contributed by atoms with E-state index >= 15 is 0 Å². The third-order valence-electron chi connectivity index (χ3n) is 17.3. The van der Waals surface area contributed by atoms with Gasteiger partial charge in [0.15, 0.2) is 17.5 Å². The molecule has 0 fully saturated rings. The van der Waals surface area contributed by atoms with E-state index in [1.165, 1.54) is 44.2 Å². The SMILES string of the molecule is [B]c1c([B])c([B])c(-c2nc(-c3ccc(-c4c(-c5ccccc5)c5c(c(-c6ccccc6)c4-c4ccc(-n6c7ccc(-c8ccccc8)cc7c7cc(-c8ccccc8)ccc76)cc4)CCCC5)cc3)nc(-c3c([B])c([B])c([B])c([B])c3[B])n2)c([B])c1[B]. The van der Waals surface area contributed by atoms with Gasteiger partial charge >= 0.3 is 0 Å². The van der Waals surface area contributed by atoms with Crippen molar-refractivity contribution >= 4 is 155 Å². The Bertz CT molecular complexity index is 4640. The Morgan fingerprint density at radius 2 is 0.552 bits per heavy atom. The fraction of sp³-hybridized carbons (Fsp3) is 0.0548. The number of aromatic nitrogens is 4. The van der Waals surface area contributed by atoms with E-state index in [0.717, 1.165) is 86.9 Å². The van der Waals surface area contributed by atoms with Crippen LogP contribution in [0, 0.1) is 0 Å². The summed E-state index contributed by atoms with van der Waals surface area (Å²) in [6, 6.07) is 73.8. The van der Waals surface area contributed by atoms with E-state index in [2.05, 4.69) is 199 Å². The van der Waals surface area contributed by atoms with Crippen LogP contribution in [-0.2, 0) is 12.8 Å². The van der Waals surface area contributed by atoms with Gasteiger partial charge in [-0.2, -0.15) is 0 Å². The highest BCUT2D eigenvalue weighted by Gasteiger charge is 2.30. The lowest BCUT2D eigenvalue weighted by molar-refractivity contribution is 0.688. The van der Waals surface area contributed by atoms with Crippen LogP contribution < -0.4 is 54.6 Å². The number of fused-ring (bicyclic) bond motifs is 4. The van der Waals surface area contributed by atoms with Gasteiger partial charge in [0.25, 0.3) is 0 Å². The average Bonchev–Trinajstić information content (AvgIpc) is 1.68. The molecule has 87 heavy (non-hydrogen) atoms. The summed E-state index contributed by atoms with van der Waals surface area (Å²) < 4.78 is 2.40. The van der Waals surface area contributed by atoms with E-state index in [0.29, 0.717) is 5.56 Å². The smallest absolute Gasteiger partial charge is 0.164 e. The molecule has 11 aromatic carbocycles. The summed E-state index contributed by atoms with van der Waals surface area (Å²) in [6.45, 7) is 0. The Kier molecular flexibility index (Phi) is 14.5. The minimum Gasteiger partial charge on any atom is -0.309 e. The molecule has 0 saturated heterocycles. The van der Waals surface area contributed by atoms with Crippen molar-refractivity contribution in [1.82, 2.24) is 19.5 Å². The number of hydrogen-bond acceptors (Lipinski definition) is 3. The van der Waals surface area contributed by atoms with E-state index < -0.39 is 0 Å². The predicted molar refractivity (Wildman–Crippen MR) is 374 cm³/mol. The quantitative estimate of drug-likeness (QED) is 0.142. The van der Waals surface area contributed by atoms with E-state index in [1.807, 2.05) is 12.1 Å². The van der Waals surface area contributed by atoms with Crippen molar-refractivity contribution in [3.05, 3.63) is 217 Å². The van der Waals surface area contributed by atoms with Gasteiger partial charge in [-0.1, -0.05) is 192 Å². The largest absolute Gasteiger partial charge is 0.309 e. The van der Waals surface area contributed by atoms with Crippen LogP contribution in [0.2, 0.25) is 0 Å². The number of nitrogens with zero attached hydrogens (tertiary/aromatic N) is 4. The maximum absolute atomic E-state index is 6.68. The lowest BCUT2D eigenvalue weighted by atomic mass is 9.60. The topological polar surface area (TPSA) is 43.6 Å². The molecule has 0 spiro atoms. The van der Waals surface area contributed by atoms with Crippen LogP contribution in [0.25, 0.3) is 128 Å². The molecule has 20 radical (unpaired) electrons. The van der Waals surface area contributed by atoms with E-state index in [-0.39, 0.29) is 83.2 Å². The van der Waals surface area contributed by atoms with Crippen molar-refractivity contribution in [1.29, 1.82) is 0 Å². The first-order chi connectivity index (χ1) is 42.3. The molecule has 0 saturated carbocycles. The van der Waals surface area contributed by atoms with Gasteiger partial charge in [-0.25, -0.2) is 15.0 Å². The third-order valence-corrected chi connectivity index (χ3v) is 17.3. The fourth-order valence-electron chi connectivity index (χ4n) is 12.8. The van der Waals surface area contributed by atoms with Crippen molar-refractivity contribution in [3.8, 4) is 107 Å². The van der Waals surface area contributed by atoms with Gasteiger partial charge < -0.3 is 4.57 Å². The van der Waals surface area contributed by atoms with Crippen molar-refractivity contribution < 1.29 is 0 Å². The van der Waals surface area contributed by atoms with Gasteiger partial charge in [-0.3, -0.25) is 0 Å². The van der Waals surface area contributed by atoms with Crippen LogP contribution in [0.3, 0.4) is 0 Å². The maximum atomic E-state index is 6.68. The van der Waals surface area contributed by atoms with Crippen LogP contribution in [0.15, 0.2) is 206 Å². The van der Waals surface area contributed by atoms with Gasteiger partial charge in [0.05, 0.1) is 11.0 Å². The predicted octanol–water partition coefficient (Wildman–Crippen LogP) is 6.79. The Labute approximate surface area is 520 Å². The standard InChI is InChI=1S/C73H42B10N4/c74-61-59(62(75)66(79)69(82)65(61)78)72-84-71(85-73(86-72)60-63(76)67(80)70(83)68(81)64(60)77)45-27-25-43(26-28-45)57-55(41-19-9-3-10-20-41)49-23-13-14-24-50(49)56(42-21-11-4-12-22-42)58(57)44-29-33-48(34-30-44)87-53-35-31-46(39-15-5-1-6-16-39)37-51(53)52-38-47(32-36-54(52)87)40-17-7-2-8-18-40/h1-12,15-22,25-38H,13-14,23-24H2. The molecule has 14 heteroatoms. The zero-order valence-electron chi connectivity index (χ0n) is 47.5. The van der Waals surface area contributed by atoms with Gasteiger partial charge in [-0.15, -0.1) is 32.8 Å². The van der Waals surface area contributed by atoms with E-state index in [4.69, 9.17) is 93.4 Å². The molecule has 2 heterocycles. The first kappa shape index (κ1) is 55.7. The summed E-state index contributed by atoms with van der Waals surface area (Å²) in [5.74, 6) is 0.262. The van der Waals surface area contributed by atoms with Crippen LogP contribution in [0.5, 0.6) is 0 Å². The molecule has 1 aliphatic carbocycles. The van der Waals surface area contributed by atoms with Crippen LogP contribution in [0.1, 0.15) is 24.0 Å². The molecule has 0 unspecified atom stereocenters. The number of benzene rings is 11. The van der Waals surface area contributed by atoms with Crippen LogP contribution in [-0.4, -0.2) is 98.0 Å². The van der Waals surface area contributed by atoms with Crippen LogP contribution in [0.4, 0.5) is 0 Å². The van der Waals surface area contributed by atoms with Gasteiger partial charge in [-0.05, 0) is 140 Å². The molecule has 0 amide bonds. The summed E-state index contributed by atoms with van der Waals surface area (Å²) in [7, 11) is 65.0. The highest BCUT2D eigenvalue weighted by molar-refractivity contribution is 6.70. The van der Waals surface area contributed by atoms with Gasteiger partial charge in [0, 0.05) is 33.2 Å². The number of hydrogen-bond donors (Lipinski definition) is 0. The van der Waals surface area contributed by atoms with Crippen molar-refractivity contribution in [2.45, 2.75) is 25.7 Å². The lowest BCUT2D eigenvalue weighted by Crippen LogP contribution is -2.55. The summed E-state index contributed by atoms with van der Waals surface area (Å²) in [5, 5.41) is 2.36. The molecular weight excluding hydrogens is 1040 g/mol. The van der Waals surface area contributed by atoms with Gasteiger partial charge in [0.1, 0.15) is 78.5 Å². The van der Waals surface area contributed by atoms with E-state index in [1.54, 1.807) is 0 Å². The molecule has 384 valence electrons. The third kappa shape index (κ3) is 9.60. The van der Waals surface area contributed by atoms with Crippen molar-refractivity contribution in [2.24, 2.45) is 0 Å². The fourth-order valence-corrected chi connectivity index (χ4v) is 12.8. The second-order valence-electron chi connectivity index (χ2n) is 22.2. The zero-order valence-corrected chi connectivity index (χ0v) is 47.5. The Morgan fingerprint density at radius 1 is 0.253 bits per heavy atom. The molecule has 2 aromatic heterocycles. The normalized spacial score (nSPS) is 12.2. The summed E-state index contributed by atoms with van der Waals surface area (Å²) in [4.78, 5) is 14.8. The monoisotopic (exact) mass is 1080 g/mol. The second-order valence-corrected chi connectivity index (χ2v) is 22.2. The summed E-state index contributed by atoms with van der Waals surface area (Å²) in [5.41, 5.74) is 20.8. The molecule has 14 rings (SSSR count). The Hall–Kier alpha value is -9.12. The first-order valence-corrected chi connectivity index (χ1v) is 28.9. The minimum absolute atomic E-state index is 0.0196. The minimum atomic E-state index is 0.0196. The van der Waals surface area contributed by atoms with E-state index in [9.17, 15) is 0 Å². The first-order valence-electron chi connectivity index (χ1n) is 28.9. The lowest BCUT2D eigenvalue weighted by Gasteiger charge is -2.30. The Morgan fingerprint density at radius 3 is 0.931 bits per heavy atom. The van der Waals surface area contributed by atoms with Gasteiger partial charge in [0.2, 0.25) is 0 Å². The highest BCUT2D eigenvalue weighted by Crippen LogP contribution is 2.52. The van der Waals surface area contributed by atoms with Crippen molar-refractivity contribution in [2.75, 3.05) is 0 Å². The molecule has 0 N–H and O–H groups in total. The molecule has 0 atom stereocenters. The molecular formula is C73H42B10N4. The van der Waals surface area contributed by atoms with Crippen molar-refractivity contribution in [3.63, 3.8) is 0 Å². The molecule has 1 aliphatic rings. The summed E-state index contributed by atoms with van der Waals surface area (Å²) in [6.07, 6.45) is 4.00. The van der Waals surface area contributed by atoms with Crippen LogP contribution >= 0.6 is 0 Å². The molecule has 4 nitrogen and oxygen atoms in total. The zero-order chi connectivity index (χ0) is 59.8. The average molecular weight is 1080 g/mol. The Balaban J connectivity index is 0.987. The maximum Gasteiger partial charge on any atom is 0.164 e. The summed E-state index contributed by atoms with van der Waals surface area (Å²) >= 11 is 0. The molecule has 0 aliphatic heterocycles. The highest BCUT2D eigenvalue weighted by atomic mass is 15.0. The molecule has 13 aromatic rings. The second kappa shape index (κ2) is 22.6. The molecule has 0 bridgehead atoms. The number of rotatable bonds is 10.